The van der Waals surface area contributed by atoms with Crippen molar-refractivity contribution in [2.75, 3.05) is 13.1 Å². The third-order valence-electron chi connectivity index (χ3n) is 4.08. The predicted molar refractivity (Wildman–Crippen MR) is 91.2 cm³/mol. The summed E-state index contributed by atoms with van der Waals surface area (Å²) in [6.45, 7) is 3.48. The quantitative estimate of drug-likeness (QED) is 0.533. The van der Waals surface area contributed by atoms with E-state index in [1.54, 1.807) is 13.0 Å². The van der Waals surface area contributed by atoms with Crippen molar-refractivity contribution >= 4 is 5.70 Å². The largest absolute Gasteiger partial charge is 0.507 e. The summed E-state index contributed by atoms with van der Waals surface area (Å²) in [5.74, 6) is -0.108. The van der Waals surface area contributed by atoms with E-state index in [9.17, 15) is 18.3 Å². The highest BCUT2D eigenvalue weighted by atomic mass is 19.4. The summed E-state index contributed by atoms with van der Waals surface area (Å²) in [5, 5.41) is 16.3. The fourth-order valence-electron chi connectivity index (χ4n) is 2.71. The maximum atomic E-state index is 12.7. The van der Waals surface area contributed by atoms with E-state index in [2.05, 4.69) is 10.6 Å². The molecule has 25 heavy (non-hydrogen) atoms. The number of nitrogens with one attached hydrogen (secondary N) is 2. The van der Waals surface area contributed by atoms with Crippen LogP contribution in [0, 0.1) is 0 Å². The van der Waals surface area contributed by atoms with Crippen LogP contribution in [0.4, 0.5) is 13.2 Å². The molecule has 1 atom stereocenters. The average Bonchev–Trinajstić information content (AvgIpc) is 2.54. The SMILES string of the molecule is CC(/C=C(\N)NC1CCCNC1)=C(/N)c1ccc(C(F)(F)F)cc1O. The number of alkyl halides is 3. The van der Waals surface area contributed by atoms with Gasteiger partial charge in [-0.3, -0.25) is 0 Å². The fourth-order valence-corrected chi connectivity index (χ4v) is 2.71. The maximum Gasteiger partial charge on any atom is 0.416 e. The van der Waals surface area contributed by atoms with Crippen molar-refractivity contribution in [3.63, 3.8) is 0 Å². The number of rotatable bonds is 4. The Kier molecular flexibility index (Phi) is 5.84. The van der Waals surface area contributed by atoms with Crippen LogP contribution in [0.25, 0.3) is 5.70 Å². The molecule has 1 saturated heterocycles. The molecule has 1 heterocycles. The molecular formula is C17H23F3N4O. The number of piperidine rings is 1. The zero-order valence-electron chi connectivity index (χ0n) is 14.0. The summed E-state index contributed by atoms with van der Waals surface area (Å²) in [5.41, 5.74) is 11.9. The first-order valence-corrected chi connectivity index (χ1v) is 8.00. The minimum absolute atomic E-state index is 0.133. The van der Waals surface area contributed by atoms with Gasteiger partial charge in [0.25, 0.3) is 0 Å². The van der Waals surface area contributed by atoms with Gasteiger partial charge in [0.05, 0.1) is 11.4 Å². The van der Waals surface area contributed by atoms with Crippen LogP contribution in [0.15, 0.2) is 35.7 Å². The second-order valence-corrected chi connectivity index (χ2v) is 6.11. The zero-order chi connectivity index (χ0) is 18.6. The number of allylic oxidation sites excluding steroid dienone is 2. The van der Waals surface area contributed by atoms with E-state index in [4.69, 9.17) is 11.5 Å². The molecule has 1 unspecified atom stereocenters. The average molecular weight is 356 g/mol. The molecule has 0 aromatic heterocycles. The zero-order valence-corrected chi connectivity index (χ0v) is 14.0. The molecule has 0 amide bonds. The van der Waals surface area contributed by atoms with E-state index in [1.165, 1.54) is 0 Å². The molecule has 8 heteroatoms. The first-order valence-electron chi connectivity index (χ1n) is 8.00. The van der Waals surface area contributed by atoms with Gasteiger partial charge in [0.15, 0.2) is 0 Å². The van der Waals surface area contributed by atoms with Gasteiger partial charge in [-0.25, -0.2) is 0 Å². The minimum Gasteiger partial charge on any atom is -0.507 e. The molecule has 7 N–H and O–H groups in total. The van der Waals surface area contributed by atoms with Crippen LogP contribution < -0.4 is 22.1 Å². The Bertz CT molecular complexity index is 677. The number of hydrogen-bond acceptors (Lipinski definition) is 5. The highest BCUT2D eigenvalue weighted by Crippen LogP contribution is 2.34. The van der Waals surface area contributed by atoms with Crippen LogP contribution in [0.3, 0.4) is 0 Å². The summed E-state index contributed by atoms with van der Waals surface area (Å²) in [4.78, 5) is 0. The molecule has 0 bridgehead atoms. The molecular weight excluding hydrogens is 333 g/mol. The van der Waals surface area contributed by atoms with Gasteiger partial charge in [-0.05, 0) is 56.2 Å². The Balaban J connectivity index is 2.18. The third kappa shape index (κ3) is 5.06. The first-order chi connectivity index (χ1) is 11.7. The summed E-state index contributed by atoms with van der Waals surface area (Å²) in [7, 11) is 0. The van der Waals surface area contributed by atoms with E-state index in [0.717, 1.165) is 38.1 Å². The van der Waals surface area contributed by atoms with Crippen molar-refractivity contribution < 1.29 is 18.3 Å². The molecule has 1 aromatic carbocycles. The lowest BCUT2D eigenvalue weighted by molar-refractivity contribution is -0.137. The van der Waals surface area contributed by atoms with Crippen LogP contribution in [0.2, 0.25) is 0 Å². The van der Waals surface area contributed by atoms with Crippen LogP contribution in [-0.4, -0.2) is 24.2 Å². The molecule has 0 aliphatic carbocycles. The van der Waals surface area contributed by atoms with E-state index < -0.39 is 17.5 Å². The van der Waals surface area contributed by atoms with Crippen LogP contribution in [-0.2, 0) is 6.18 Å². The molecule has 1 fully saturated rings. The Hall–Kier alpha value is -2.35. The van der Waals surface area contributed by atoms with Gasteiger partial charge in [-0.1, -0.05) is 0 Å². The van der Waals surface area contributed by atoms with Gasteiger partial charge < -0.3 is 27.2 Å². The number of phenolic OH excluding ortho intramolecular Hbond substituents is 1. The second-order valence-electron chi connectivity index (χ2n) is 6.11. The number of phenols is 1. The van der Waals surface area contributed by atoms with E-state index in [0.29, 0.717) is 17.5 Å². The Morgan fingerprint density at radius 1 is 1.36 bits per heavy atom. The minimum atomic E-state index is -4.52. The predicted octanol–water partition coefficient (Wildman–Crippen LogP) is 2.24. The van der Waals surface area contributed by atoms with Crippen molar-refractivity contribution in [2.45, 2.75) is 32.0 Å². The van der Waals surface area contributed by atoms with E-state index in [-0.39, 0.29) is 17.3 Å². The standard InChI is InChI=1S/C17H23F3N4O/c1-10(7-15(21)24-12-3-2-6-23-9-12)16(22)13-5-4-11(8-14(13)25)17(18,19)20/h4-5,7-8,12,23-25H,2-3,6,9,21-22H2,1H3/b15-7+,16-10-. The van der Waals surface area contributed by atoms with Gasteiger partial charge in [-0.15, -0.1) is 0 Å². The lowest BCUT2D eigenvalue weighted by Crippen LogP contribution is -2.44. The Morgan fingerprint density at radius 3 is 2.64 bits per heavy atom. The van der Waals surface area contributed by atoms with Crippen molar-refractivity contribution in [2.24, 2.45) is 11.5 Å². The molecule has 5 nitrogen and oxygen atoms in total. The molecule has 1 aliphatic heterocycles. The fraction of sp³-hybridized carbons (Fsp3) is 0.412. The van der Waals surface area contributed by atoms with Gasteiger partial charge >= 0.3 is 6.18 Å². The van der Waals surface area contributed by atoms with Crippen molar-refractivity contribution in [3.8, 4) is 5.75 Å². The van der Waals surface area contributed by atoms with Crippen LogP contribution in [0.5, 0.6) is 5.75 Å². The van der Waals surface area contributed by atoms with Crippen molar-refractivity contribution in [1.82, 2.24) is 10.6 Å². The third-order valence-corrected chi connectivity index (χ3v) is 4.08. The Labute approximate surface area is 144 Å². The first kappa shape index (κ1) is 19.0. The molecule has 1 aliphatic rings. The molecule has 0 saturated carbocycles. The molecule has 1 aromatic rings. The number of aromatic hydroxyl groups is 1. The lowest BCUT2D eigenvalue weighted by atomic mass is 10.0. The van der Waals surface area contributed by atoms with Crippen LogP contribution >= 0.6 is 0 Å². The number of nitrogens with two attached hydrogens (primary N) is 2. The number of halogens is 3. The second kappa shape index (κ2) is 7.69. The summed E-state index contributed by atoms with van der Waals surface area (Å²) >= 11 is 0. The van der Waals surface area contributed by atoms with Gasteiger partial charge in [0, 0.05) is 23.8 Å². The van der Waals surface area contributed by atoms with E-state index in [1.807, 2.05) is 0 Å². The smallest absolute Gasteiger partial charge is 0.416 e. The normalized spacial score (nSPS) is 20.2. The molecule has 0 spiro atoms. The molecule has 2 rings (SSSR count). The van der Waals surface area contributed by atoms with Crippen LogP contribution in [0.1, 0.15) is 30.9 Å². The lowest BCUT2D eigenvalue weighted by Gasteiger charge is -2.24. The van der Waals surface area contributed by atoms with Gasteiger partial charge in [-0.2, -0.15) is 13.2 Å². The Morgan fingerprint density at radius 2 is 2.08 bits per heavy atom. The summed E-state index contributed by atoms with van der Waals surface area (Å²) in [6.07, 6.45) is -0.853. The summed E-state index contributed by atoms with van der Waals surface area (Å²) < 4.78 is 38.0. The van der Waals surface area contributed by atoms with E-state index >= 15 is 0 Å². The molecule has 138 valence electrons. The van der Waals surface area contributed by atoms with Gasteiger partial charge in [0.1, 0.15) is 5.75 Å². The monoisotopic (exact) mass is 356 g/mol. The maximum absolute atomic E-state index is 12.7. The van der Waals surface area contributed by atoms with Crippen molar-refractivity contribution in [1.29, 1.82) is 0 Å². The topological polar surface area (TPSA) is 96.3 Å². The highest BCUT2D eigenvalue weighted by molar-refractivity contribution is 5.72. The number of hydrogen-bond donors (Lipinski definition) is 5. The highest BCUT2D eigenvalue weighted by Gasteiger charge is 2.31. The number of benzene rings is 1. The molecule has 0 radical (unpaired) electrons. The van der Waals surface area contributed by atoms with Gasteiger partial charge in [0.2, 0.25) is 0 Å². The summed E-state index contributed by atoms with van der Waals surface area (Å²) in [6, 6.07) is 2.92. The van der Waals surface area contributed by atoms with Crippen molar-refractivity contribution in [3.05, 3.63) is 46.8 Å².